The van der Waals surface area contributed by atoms with E-state index in [4.69, 9.17) is 16.3 Å². The van der Waals surface area contributed by atoms with Crippen molar-refractivity contribution < 1.29 is 9.53 Å². The van der Waals surface area contributed by atoms with Gasteiger partial charge in [0.05, 0.1) is 5.69 Å². The third-order valence-electron chi connectivity index (χ3n) is 3.86. The summed E-state index contributed by atoms with van der Waals surface area (Å²) in [6.07, 6.45) is 6.69. The van der Waals surface area contributed by atoms with Crippen LogP contribution in [0.5, 0.6) is 0 Å². The molecule has 1 aliphatic carbocycles. The van der Waals surface area contributed by atoms with Gasteiger partial charge in [-0.15, -0.1) is 0 Å². The number of amides is 1. The van der Waals surface area contributed by atoms with E-state index in [1.54, 1.807) is 10.8 Å². The quantitative estimate of drug-likeness (QED) is 0.517. The molecule has 1 heterocycles. The predicted molar refractivity (Wildman–Crippen MR) is 97.0 cm³/mol. The van der Waals surface area contributed by atoms with Crippen molar-refractivity contribution in [3.8, 4) is 0 Å². The van der Waals surface area contributed by atoms with Crippen molar-refractivity contribution in [1.82, 2.24) is 15.1 Å². The van der Waals surface area contributed by atoms with Crippen LogP contribution >= 0.6 is 11.6 Å². The summed E-state index contributed by atoms with van der Waals surface area (Å²) in [7, 11) is 0. The highest BCUT2D eigenvalue weighted by Crippen LogP contribution is 2.28. The van der Waals surface area contributed by atoms with Crippen molar-refractivity contribution in [2.24, 2.45) is 11.8 Å². The number of nitrogens with zero attached hydrogens (tertiary/aromatic N) is 2. The topological polar surface area (TPSA) is 56.2 Å². The first-order chi connectivity index (χ1) is 11.5. The number of halogens is 1. The second kappa shape index (κ2) is 9.23. The summed E-state index contributed by atoms with van der Waals surface area (Å²) >= 11 is 6.35. The number of hydrogen-bond donors (Lipinski definition) is 1. The smallest absolute Gasteiger partial charge is 0.244 e. The van der Waals surface area contributed by atoms with Gasteiger partial charge in [-0.05, 0) is 44.1 Å². The lowest BCUT2D eigenvalue weighted by Gasteiger charge is -2.05. The van der Waals surface area contributed by atoms with Gasteiger partial charge in [-0.3, -0.25) is 9.48 Å². The molecule has 0 spiro atoms. The number of rotatable bonds is 10. The second-order valence-electron chi connectivity index (χ2n) is 6.86. The average molecular weight is 354 g/mol. The molecular weight excluding hydrogens is 326 g/mol. The molecule has 0 bridgehead atoms. The molecule has 5 nitrogen and oxygen atoms in total. The van der Waals surface area contributed by atoms with Crippen molar-refractivity contribution >= 4 is 23.6 Å². The number of carbonyl (C=O) groups is 1. The van der Waals surface area contributed by atoms with Crippen LogP contribution in [0.15, 0.2) is 6.08 Å². The molecule has 0 atom stereocenters. The van der Waals surface area contributed by atoms with Gasteiger partial charge in [-0.2, -0.15) is 5.10 Å². The van der Waals surface area contributed by atoms with Crippen LogP contribution in [0.3, 0.4) is 0 Å². The molecule has 6 heteroatoms. The van der Waals surface area contributed by atoms with Gasteiger partial charge in [0.2, 0.25) is 5.91 Å². The third kappa shape index (κ3) is 6.29. The molecule has 1 amide bonds. The van der Waals surface area contributed by atoms with Crippen molar-refractivity contribution in [3.63, 3.8) is 0 Å². The molecule has 0 aliphatic heterocycles. The first-order valence-electron chi connectivity index (χ1n) is 8.74. The van der Waals surface area contributed by atoms with E-state index in [2.05, 4.69) is 24.3 Å². The van der Waals surface area contributed by atoms with Gasteiger partial charge in [0.1, 0.15) is 5.15 Å². The maximum atomic E-state index is 11.9. The number of aromatic nitrogens is 2. The molecule has 1 aromatic rings. The molecule has 0 saturated heterocycles. The van der Waals surface area contributed by atoms with Gasteiger partial charge in [-0.25, -0.2) is 0 Å². The van der Waals surface area contributed by atoms with E-state index >= 15 is 0 Å². The minimum atomic E-state index is -0.121. The van der Waals surface area contributed by atoms with Crippen LogP contribution in [0.1, 0.15) is 44.4 Å². The Morgan fingerprint density at radius 3 is 2.92 bits per heavy atom. The lowest BCUT2D eigenvalue weighted by atomic mass is 10.2. The Labute approximate surface area is 149 Å². The molecule has 1 aromatic heterocycles. The summed E-state index contributed by atoms with van der Waals surface area (Å²) in [5.41, 5.74) is 1.64. The van der Waals surface area contributed by atoms with E-state index in [1.807, 2.05) is 6.92 Å². The van der Waals surface area contributed by atoms with Crippen LogP contribution < -0.4 is 5.32 Å². The largest absolute Gasteiger partial charge is 0.381 e. The maximum absolute atomic E-state index is 11.9. The van der Waals surface area contributed by atoms with Crippen molar-refractivity contribution in [2.75, 3.05) is 19.8 Å². The van der Waals surface area contributed by atoms with Gasteiger partial charge in [-0.1, -0.05) is 25.4 Å². The normalized spacial score (nSPS) is 14.7. The number of hydrogen-bond acceptors (Lipinski definition) is 3. The third-order valence-corrected chi connectivity index (χ3v) is 4.26. The molecule has 1 N–H and O–H groups in total. The minimum Gasteiger partial charge on any atom is -0.381 e. The van der Waals surface area contributed by atoms with E-state index < -0.39 is 0 Å². The molecule has 0 unspecified atom stereocenters. The van der Waals surface area contributed by atoms with Gasteiger partial charge in [0.15, 0.2) is 0 Å². The highest BCUT2D eigenvalue weighted by molar-refractivity contribution is 6.31. The van der Waals surface area contributed by atoms with Gasteiger partial charge in [0.25, 0.3) is 0 Å². The van der Waals surface area contributed by atoms with Gasteiger partial charge < -0.3 is 10.1 Å². The maximum Gasteiger partial charge on any atom is 0.244 e. The lowest BCUT2D eigenvalue weighted by molar-refractivity contribution is -0.116. The minimum absolute atomic E-state index is 0.121. The molecule has 1 aliphatic rings. The van der Waals surface area contributed by atoms with E-state index in [1.165, 1.54) is 18.9 Å². The Balaban J connectivity index is 1.73. The molecule has 24 heavy (non-hydrogen) atoms. The Morgan fingerprint density at radius 2 is 2.25 bits per heavy atom. The summed E-state index contributed by atoms with van der Waals surface area (Å²) in [4.78, 5) is 11.9. The first kappa shape index (κ1) is 19.0. The lowest BCUT2D eigenvalue weighted by Crippen LogP contribution is -2.23. The fourth-order valence-electron chi connectivity index (χ4n) is 2.36. The van der Waals surface area contributed by atoms with Crippen LogP contribution in [0, 0.1) is 18.8 Å². The zero-order valence-corrected chi connectivity index (χ0v) is 15.6. The Morgan fingerprint density at radius 1 is 1.50 bits per heavy atom. The number of carbonyl (C=O) groups excluding carboxylic acids is 1. The number of aryl methyl sites for hydroxylation is 1. The summed E-state index contributed by atoms with van der Waals surface area (Å²) < 4.78 is 7.32. The average Bonchev–Trinajstić information content (AvgIpc) is 3.29. The zero-order chi connectivity index (χ0) is 17.5. The Hall–Kier alpha value is -1.33. The Kier molecular flexibility index (Phi) is 7.31. The van der Waals surface area contributed by atoms with Crippen molar-refractivity contribution in [2.45, 2.75) is 46.6 Å². The zero-order valence-electron chi connectivity index (χ0n) is 14.8. The van der Waals surface area contributed by atoms with Crippen LogP contribution in [0.2, 0.25) is 5.15 Å². The fourth-order valence-corrected chi connectivity index (χ4v) is 2.67. The molecule has 0 aromatic carbocycles. The van der Waals surface area contributed by atoms with Crippen LogP contribution in [-0.2, 0) is 16.1 Å². The number of ether oxygens (including phenoxy) is 1. The monoisotopic (exact) mass is 353 g/mol. The summed E-state index contributed by atoms with van der Waals surface area (Å²) in [6, 6.07) is 0. The van der Waals surface area contributed by atoms with E-state index in [9.17, 15) is 4.79 Å². The summed E-state index contributed by atoms with van der Waals surface area (Å²) in [5.74, 6) is 1.13. The van der Waals surface area contributed by atoms with Crippen LogP contribution in [0.4, 0.5) is 0 Å². The standard InChI is InChI=1S/C18H28ClN3O2/c1-13(2)11-22-18(19)16(14(3)21-22)7-8-17(23)20-9-4-10-24-12-15-5-6-15/h7-8,13,15H,4-6,9-12H2,1-3H3,(H,20,23)/b8-7+. The highest BCUT2D eigenvalue weighted by atomic mass is 35.5. The van der Waals surface area contributed by atoms with Crippen LogP contribution in [0.25, 0.3) is 6.08 Å². The van der Waals surface area contributed by atoms with E-state index in [-0.39, 0.29) is 5.91 Å². The summed E-state index contributed by atoms with van der Waals surface area (Å²) in [5, 5.41) is 7.87. The van der Waals surface area contributed by atoms with Gasteiger partial charge >= 0.3 is 0 Å². The molecule has 1 saturated carbocycles. The van der Waals surface area contributed by atoms with E-state index in [0.717, 1.165) is 36.7 Å². The van der Waals surface area contributed by atoms with Crippen molar-refractivity contribution in [1.29, 1.82) is 0 Å². The highest BCUT2D eigenvalue weighted by Gasteiger charge is 2.20. The molecule has 1 fully saturated rings. The summed E-state index contributed by atoms with van der Waals surface area (Å²) in [6.45, 7) is 9.08. The number of nitrogens with one attached hydrogen (secondary N) is 1. The SMILES string of the molecule is Cc1nn(CC(C)C)c(Cl)c1/C=C/C(=O)NCCCOCC1CC1. The van der Waals surface area contributed by atoms with E-state index in [0.29, 0.717) is 24.2 Å². The molecule has 2 rings (SSSR count). The molecule has 134 valence electrons. The fraction of sp³-hybridized carbons (Fsp3) is 0.667. The first-order valence-corrected chi connectivity index (χ1v) is 9.11. The van der Waals surface area contributed by atoms with Crippen molar-refractivity contribution in [3.05, 3.63) is 22.5 Å². The van der Waals surface area contributed by atoms with Gasteiger partial charge in [0, 0.05) is 37.9 Å². The van der Waals surface area contributed by atoms with Crippen LogP contribution in [-0.4, -0.2) is 35.4 Å². The predicted octanol–water partition coefficient (Wildman–Crippen LogP) is 3.45. The Bertz CT molecular complexity index is 577. The second-order valence-corrected chi connectivity index (χ2v) is 7.22. The molecular formula is C18H28ClN3O2. The molecule has 0 radical (unpaired) electrons.